The van der Waals surface area contributed by atoms with E-state index in [0.29, 0.717) is 5.41 Å². The average Bonchev–Trinajstić information content (AvgIpc) is 2.17. The highest BCUT2D eigenvalue weighted by Gasteiger charge is 2.34. The van der Waals surface area contributed by atoms with Gasteiger partial charge in [-0.15, -0.1) is 0 Å². The molecule has 1 aromatic heterocycles. The lowest BCUT2D eigenvalue weighted by atomic mass is 9.67. The van der Waals surface area contributed by atoms with Gasteiger partial charge in [0.25, 0.3) is 0 Å². The molecule has 4 heteroatoms. The third-order valence-electron chi connectivity index (χ3n) is 3.44. The zero-order chi connectivity index (χ0) is 10.7. The summed E-state index contributed by atoms with van der Waals surface area (Å²) in [7, 11) is 0. The van der Waals surface area contributed by atoms with E-state index >= 15 is 0 Å². The maximum Gasteiger partial charge on any atom is 0.130 e. The summed E-state index contributed by atoms with van der Waals surface area (Å²) in [5.74, 6) is 0.914. The van der Waals surface area contributed by atoms with Crippen LogP contribution in [0.15, 0.2) is 17.0 Å². The molecule has 0 aliphatic heterocycles. The predicted molar refractivity (Wildman–Crippen MR) is 64.8 cm³/mol. The molecule has 1 aliphatic rings. The van der Waals surface area contributed by atoms with Crippen LogP contribution in [0.1, 0.15) is 32.6 Å². The standard InChI is InChI=1S/C11H16BrN3/c1-2-11(4-3-5-11)7-13-10-6-9(12)14-8-15-10/h6,8H,2-5,7H2,1H3,(H,13,14,15). The Morgan fingerprint density at radius 2 is 2.27 bits per heavy atom. The van der Waals surface area contributed by atoms with Crippen LogP contribution in [-0.4, -0.2) is 16.5 Å². The number of aromatic nitrogens is 2. The summed E-state index contributed by atoms with van der Waals surface area (Å²) in [5.41, 5.74) is 0.525. The number of nitrogens with zero attached hydrogens (tertiary/aromatic N) is 2. The van der Waals surface area contributed by atoms with Gasteiger partial charge in [-0.2, -0.15) is 0 Å². The summed E-state index contributed by atoms with van der Waals surface area (Å²) >= 11 is 3.34. The van der Waals surface area contributed by atoms with Gasteiger partial charge in [-0.3, -0.25) is 0 Å². The number of hydrogen-bond donors (Lipinski definition) is 1. The van der Waals surface area contributed by atoms with Crippen LogP contribution in [0.2, 0.25) is 0 Å². The monoisotopic (exact) mass is 269 g/mol. The molecule has 82 valence electrons. The van der Waals surface area contributed by atoms with E-state index in [0.717, 1.165) is 17.0 Å². The maximum atomic E-state index is 4.18. The van der Waals surface area contributed by atoms with E-state index in [-0.39, 0.29) is 0 Å². The molecular formula is C11H16BrN3. The minimum Gasteiger partial charge on any atom is -0.369 e. The average molecular weight is 270 g/mol. The number of hydrogen-bond acceptors (Lipinski definition) is 3. The first kappa shape index (κ1) is 10.9. The molecule has 3 nitrogen and oxygen atoms in total. The second-order valence-corrected chi connectivity index (χ2v) is 5.10. The summed E-state index contributed by atoms with van der Waals surface area (Å²) < 4.78 is 0.833. The minimum atomic E-state index is 0.525. The van der Waals surface area contributed by atoms with E-state index in [2.05, 4.69) is 38.1 Å². The van der Waals surface area contributed by atoms with Crippen molar-refractivity contribution in [3.8, 4) is 0 Å². The smallest absolute Gasteiger partial charge is 0.130 e. The van der Waals surface area contributed by atoms with Crippen molar-refractivity contribution < 1.29 is 0 Å². The van der Waals surface area contributed by atoms with Crippen molar-refractivity contribution in [3.63, 3.8) is 0 Å². The number of anilines is 1. The topological polar surface area (TPSA) is 37.8 Å². The first-order valence-electron chi connectivity index (χ1n) is 5.45. The molecule has 15 heavy (non-hydrogen) atoms. The maximum absolute atomic E-state index is 4.18. The number of nitrogens with one attached hydrogen (secondary N) is 1. The highest BCUT2D eigenvalue weighted by Crippen LogP contribution is 2.43. The van der Waals surface area contributed by atoms with Crippen LogP contribution in [0.25, 0.3) is 0 Å². The molecule has 0 amide bonds. The lowest BCUT2D eigenvalue weighted by molar-refractivity contribution is 0.145. The first-order valence-corrected chi connectivity index (χ1v) is 6.25. The molecule has 1 N–H and O–H groups in total. The fraction of sp³-hybridized carbons (Fsp3) is 0.636. The Bertz CT molecular complexity index is 331. The van der Waals surface area contributed by atoms with E-state index in [1.54, 1.807) is 6.33 Å². The minimum absolute atomic E-state index is 0.525. The number of halogens is 1. The lowest BCUT2D eigenvalue weighted by Crippen LogP contribution is -2.36. The van der Waals surface area contributed by atoms with E-state index in [9.17, 15) is 0 Å². The molecule has 1 aliphatic carbocycles. The van der Waals surface area contributed by atoms with Gasteiger partial charge in [0, 0.05) is 12.6 Å². The van der Waals surface area contributed by atoms with E-state index in [1.807, 2.05) is 6.07 Å². The Hall–Kier alpha value is -0.640. The molecule has 1 fully saturated rings. The van der Waals surface area contributed by atoms with Gasteiger partial charge >= 0.3 is 0 Å². The highest BCUT2D eigenvalue weighted by molar-refractivity contribution is 9.10. The summed E-state index contributed by atoms with van der Waals surface area (Å²) in [4.78, 5) is 8.19. The molecule has 0 atom stereocenters. The van der Waals surface area contributed by atoms with Crippen molar-refractivity contribution in [2.24, 2.45) is 5.41 Å². The zero-order valence-electron chi connectivity index (χ0n) is 8.96. The molecule has 0 unspecified atom stereocenters. The molecule has 1 saturated carbocycles. The van der Waals surface area contributed by atoms with Gasteiger partial charge in [0.05, 0.1) is 0 Å². The molecule has 0 radical (unpaired) electrons. The molecule has 1 heterocycles. The summed E-state index contributed by atoms with van der Waals surface area (Å²) in [6.45, 7) is 3.31. The second kappa shape index (κ2) is 4.47. The van der Waals surface area contributed by atoms with E-state index in [1.165, 1.54) is 25.7 Å². The van der Waals surface area contributed by atoms with Gasteiger partial charge in [-0.25, -0.2) is 9.97 Å². The third kappa shape index (κ3) is 2.48. The summed E-state index contributed by atoms with van der Waals surface area (Å²) in [6, 6.07) is 1.92. The number of rotatable bonds is 4. The highest BCUT2D eigenvalue weighted by atomic mass is 79.9. The van der Waals surface area contributed by atoms with Crippen molar-refractivity contribution >= 4 is 21.7 Å². The van der Waals surface area contributed by atoms with E-state index in [4.69, 9.17) is 0 Å². The third-order valence-corrected chi connectivity index (χ3v) is 3.88. The van der Waals surface area contributed by atoms with Gasteiger partial charge in [0.15, 0.2) is 0 Å². The van der Waals surface area contributed by atoms with Crippen LogP contribution >= 0.6 is 15.9 Å². The van der Waals surface area contributed by atoms with Crippen molar-refractivity contribution in [1.29, 1.82) is 0 Å². The summed E-state index contributed by atoms with van der Waals surface area (Å²) in [6.07, 6.45) is 6.91. The van der Waals surface area contributed by atoms with Gasteiger partial charge in [-0.1, -0.05) is 13.3 Å². The fourth-order valence-electron chi connectivity index (χ4n) is 2.04. The van der Waals surface area contributed by atoms with Gasteiger partial charge in [0.2, 0.25) is 0 Å². The molecule has 2 rings (SSSR count). The van der Waals surface area contributed by atoms with Crippen molar-refractivity contribution in [2.45, 2.75) is 32.6 Å². The Morgan fingerprint density at radius 3 is 2.80 bits per heavy atom. The Labute approximate surface area is 98.8 Å². The van der Waals surface area contributed by atoms with Crippen LogP contribution in [0.4, 0.5) is 5.82 Å². The molecule has 0 spiro atoms. The molecule has 0 saturated heterocycles. The van der Waals surface area contributed by atoms with Crippen molar-refractivity contribution in [2.75, 3.05) is 11.9 Å². The Balaban J connectivity index is 1.92. The molecule has 0 aromatic carbocycles. The predicted octanol–water partition coefficient (Wildman–Crippen LogP) is 3.23. The van der Waals surface area contributed by atoms with Crippen LogP contribution in [0.3, 0.4) is 0 Å². The Kier molecular flexibility index (Phi) is 3.24. The zero-order valence-corrected chi connectivity index (χ0v) is 10.5. The summed E-state index contributed by atoms with van der Waals surface area (Å²) in [5, 5.41) is 3.40. The SMILES string of the molecule is CCC1(CNc2cc(Br)ncn2)CCC1. The van der Waals surface area contributed by atoms with Crippen LogP contribution < -0.4 is 5.32 Å². The fourth-order valence-corrected chi connectivity index (χ4v) is 2.35. The van der Waals surface area contributed by atoms with Crippen molar-refractivity contribution in [1.82, 2.24) is 9.97 Å². The van der Waals surface area contributed by atoms with Crippen molar-refractivity contribution in [3.05, 3.63) is 17.0 Å². The molecular weight excluding hydrogens is 254 g/mol. The normalized spacial score (nSPS) is 18.3. The van der Waals surface area contributed by atoms with Gasteiger partial charge in [0.1, 0.15) is 16.7 Å². The van der Waals surface area contributed by atoms with Gasteiger partial charge < -0.3 is 5.32 Å². The molecule has 1 aromatic rings. The Morgan fingerprint density at radius 1 is 1.47 bits per heavy atom. The first-order chi connectivity index (χ1) is 7.24. The van der Waals surface area contributed by atoms with Crippen LogP contribution in [0, 0.1) is 5.41 Å². The van der Waals surface area contributed by atoms with Crippen LogP contribution in [-0.2, 0) is 0 Å². The van der Waals surface area contributed by atoms with Gasteiger partial charge in [-0.05, 0) is 40.6 Å². The molecule has 0 bridgehead atoms. The second-order valence-electron chi connectivity index (χ2n) is 4.29. The van der Waals surface area contributed by atoms with E-state index < -0.39 is 0 Å². The largest absolute Gasteiger partial charge is 0.369 e. The quantitative estimate of drug-likeness (QED) is 0.853. The van der Waals surface area contributed by atoms with Crippen LogP contribution in [0.5, 0.6) is 0 Å². The lowest BCUT2D eigenvalue weighted by Gasteiger charge is -2.41.